The molecule has 0 bridgehead atoms. The number of benzene rings is 1. The molecular formula is C12H16N2O. The highest BCUT2D eigenvalue weighted by Crippen LogP contribution is 2.32. The molecule has 3 nitrogen and oxygen atoms in total. The molecule has 80 valence electrons. The Kier molecular flexibility index (Phi) is 2.49. The van der Waals surface area contributed by atoms with Gasteiger partial charge in [0.2, 0.25) is 5.91 Å². The number of carbonyl (C=O) groups is 1. The van der Waals surface area contributed by atoms with E-state index < -0.39 is 5.54 Å². The molecule has 0 unspecified atom stereocenters. The first-order chi connectivity index (χ1) is 7.12. The van der Waals surface area contributed by atoms with Gasteiger partial charge >= 0.3 is 0 Å². The molecule has 0 aliphatic heterocycles. The van der Waals surface area contributed by atoms with E-state index in [1.807, 2.05) is 37.3 Å². The molecule has 3 heteroatoms. The zero-order valence-electron chi connectivity index (χ0n) is 8.86. The molecule has 0 spiro atoms. The quantitative estimate of drug-likeness (QED) is 0.781. The van der Waals surface area contributed by atoms with Crippen molar-refractivity contribution in [3.63, 3.8) is 0 Å². The summed E-state index contributed by atoms with van der Waals surface area (Å²) in [5.74, 6) is -0.0288. The highest BCUT2D eigenvalue weighted by Gasteiger charge is 2.46. The summed E-state index contributed by atoms with van der Waals surface area (Å²) >= 11 is 0. The molecule has 1 aliphatic carbocycles. The summed E-state index contributed by atoms with van der Waals surface area (Å²) < 4.78 is 0. The first-order valence-electron chi connectivity index (χ1n) is 5.27. The lowest BCUT2D eigenvalue weighted by Crippen LogP contribution is -2.43. The maximum absolute atomic E-state index is 11.7. The third-order valence-electron chi connectivity index (χ3n) is 2.89. The molecule has 1 saturated carbocycles. The Balaban J connectivity index is 1.98. The first-order valence-corrected chi connectivity index (χ1v) is 5.27. The van der Waals surface area contributed by atoms with Crippen molar-refractivity contribution in [1.82, 2.24) is 5.32 Å². The minimum absolute atomic E-state index is 0.0275. The van der Waals surface area contributed by atoms with Gasteiger partial charge in [-0.25, -0.2) is 0 Å². The molecule has 2 rings (SSSR count). The molecule has 3 N–H and O–H groups in total. The average Bonchev–Trinajstić information content (AvgIpc) is 2.99. The van der Waals surface area contributed by atoms with Crippen LogP contribution in [0.3, 0.4) is 0 Å². The topological polar surface area (TPSA) is 55.1 Å². The average molecular weight is 204 g/mol. The second-order valence-corrected chi connectivity index (χ2v) is 4.26. The summed E-state index contributed by atoms with van der Waals surface area (Å²) in [5.41, 5.74) is 6.33. The smallest absolute Gasteiger partial charge is 0.240 e. The fourth-order valence-corrected chi connectivity index (χ4v) is 1.53. The molecule has 1 fully saturated rings. The number of rotatable bonds is 3. The molecule has 1 atom stereocenters. The summed E-state index contributed by atoms with van der Waals surface area (Å²) in [5, 5.41) is 2.93. The monoisotopic (exact) mass is 204 g/mol. The van der Waals surface area contributed by atoms with Crippen LogP contribution in [0.5, 0.6) is 0 Å². The van der Waals surface area contributed by atoms with Crippen LogP contribution in [0.25, 0.3) is 0 Å². The molecule has 0 heterocycles. The second kappa shape index (κ2) is 3.66. The SMILES string of the molecule is C[C@@H](NC(=O)C1(N)CC1)c1ccccc1. The van der Waals surface area contributed by atoms with Crippen molar-refractivity contribution < 1.29 is 4.79 Å². The highest BCUT2D eigenvalue weighted by atomic mass is 16.2. The van der Waals surface area contributed by atoms with Crippen molar-refractivity contribution >= 4 is 5.91 Å². The highest BCUT2D eigenvalue weighted by molar-refractivity contribution is 5.89. The number of hydrogen-bond acceptors (Lipinski definition) is 2. The van der Waals surface area contributed by atoms with Crippen LogP contribution < -0.4 is 11.1 Å². The summed E-state index contributed by atoms with van der Waals surface area (Å²) in [4.78, 5) is 11.7. The van der Waals surface area contributed by atoms with Gasteiger partial charge in [0.25, 0.3) is 0 Å². The Bertz CT molecular complexity index is 357. The van der Waals surface area contributed by atoms with Gasteiger partial charge in [-0.1, -0.05) is 30.3 Å². The molecule has 15 heavy (non-hydrogen) atoms. The summed E-state index contributed by atoms with van der Waals surface area (Å²) in [6, 6.07) is 9.92. The van der Waals surface area contributed by atoms with Gasteiger partial charge in [0.05, 0.1) is 11.6 Å². The zero-order chi connectivity index (χ0) is 10.9. The van der Waals surface area contributed by atoms with E-state index in [1.165, 1.54) is 0 Å². The molecule has 1 amide bonds. The molecule has 0 saturated heterocycles. The van der Waals surface area contributed by atoms with Gasteiger partial charge in [-0.15, -0.1) is 0 Å². The molecule has 1 aromatic rings. The molecule has 0 radical (unpaired) electrons. The number of nitrogens with one attached hydrogen (secondary N) is 1. The van der Waals surface area contributed by atoms with Gasteiger partial charge in [0.1, 0.15) is 0 Å². The third-order valence-corrected chi connectivity index (χ3v) is 2.89. The van der Waals surface area contributed by atoms with E-state index in [9.17, 15) is 4.79 Å². The molecule has 1 aliphatic rings. The predicted molar refractivity (Wildman–Crippen MR) is 59.2 cm³/mol. The van der Waals surface area contributed by atoms with Crippen LogP contribution in [0.1, 0.15) is 31.4 Å². The number of carbonyl (C=O) groups excluding carboxylic acids is 1. The maximum atomic E-state index is 11.7. The van der Waals surface area contributed by atoms with Crippen molar-refractivity contribution in [1.29, 1.82) is 0 Å². The van der Waals surface area contributed by atoms with Crippen LogP contribution in [0, 0.1) is 0 Å². The van der Waals surface area contributed by atoms with Crippen LogP contribution >= 0.6 is 0 Å². The van der Waals surface area contributed by atoms with Crippen molar-refractivity contribution in [3.05, 3.63) is 35.9 Å². The predicted octanol–water partition coefficient (Wildman–Crippen LogP) is 1.36. The summed E-state index contributed by atoms with van der Waals surface area (Å²) in [7, 11) is 0. The Morgan fingerprint density at radius 2 is 2.00 bits per heavy atom. The van der Waals surface area contributed by atoms with Crippen LogP contribution in [0.15, 0.2) is 30.3 Å². The van der Waals surface area contributed by atoms with Crippen molar-refractivity contribution in [2.24, 2.45) is 5.73 Å². The van der Waals surface area contributed by atoms with Gasteiger partial charge < -0.3 is 11.1 Å². The summed E-state index contributed by atoms with van der Waals surface area (Å²) in [6.07, 6.45) is 1.61. The van der Waals surface area contributed by atoms with Gasteiger partial charge in [-0.3, -0.25) is 4.79 Å². The Morgan fingerprint density at radius 1 is 1.40 bits per heavy atom. The minimum Gasteiger partial charge on any atom is -0.348 e. The van der Waals surface area contributed by atoms with E-state index in [0.29, 0.717) is 0 Å². The Labute approximate surface area is 89.7 Å². The normalized spacial score (nSPS) is 19.3. The Morgan fingerprint density at radius 3 is 2.53 bits per heavy atom. The fourth-order valence-electron chi connectivity index (χ4n) is 1.53. The maximum Gasteiger partial charge on any atom is 0.240 e. The van der Waals surface area contributed by atoms with E-state index in [4.69, 9.17) is 5.73 Å². The van der Waals surface area contributed by atoms with E-state index >= 15 is 0 Å². The van der Waals surface area contributed by atoms with Crippen LogP contribution in [-0.4, -0.2) is 11.4 Å². The van der Waals surface area contributed by atoms with E-state index in [0.717, 1.165) is 18.4 Å². The lowest BCUT2D eigenvalue weighted by Gasteiger charge is -2.17. The largest absolute Gasteiger partial charge is 0.348 e. The van der Waals surface area contributed by atoms with Crippen LogP contribution in [0.4, 0.5) is 0 Å². The standard InChI is InChI=1S/C12H16N2O/c1-9(10-5-3-2-4-6-10)14-11(15)12(13)7-8-12/h2-6,9H,7-8,13H2,1H3,(H,14,15)/t9-/m1/s1. The molecule has 1 aromatic carbocycles. The number of hydrogen-bond donors (Lipinski definition) is 2. The molecular weight excluding hydrogens is 188 g/mol. The van der Waals surface area contributed by atoms with Crippen molar-refractivity contribution in [2.75, 3.05) is 0 Å². The first kappa shape index (κ1) is 10.2. The van der Waals surface area contributed by atoms with Crippen molar-refractivity contribution in [2.45, 2.75) is 31.3 Å². The van der Waals surface area contributed by atoms with Crippen molar-refractivity contribution in [3.8, 4) is 0 Å². The zero-order valence-corrected chi connectivity index (χ0v) is 8.86. The van der Waals surface area contributed by atoms with E-state index in [-0.39, 0.29) is 11.9 Å². The number of amides is 1. The minimum atomic E-state index is -0.580. The lowest BCUT2D eigenvalue weighted by atomic mass is 10.1. The van der Waals surface area contributed by atoms with Crippen LogP contribution in [-0.2, 0) is 4.79 Å². The second-order valence-electron chi connectivity index (χ2n) is 4.26. The van der Waals surface area contributed by atoms with Gasteiger partial charge in [0.15, 0.2) is 0 Å². The fraction of sp³-hybridized carbons (Fsp3) is 0.417. The van der Waals surface area contributed by atoms with Crippen LogP contribution in [0.2, 0.25) is 0 Å². The van der Waals surface area contributed by atoms with Gasteiger partial charge in [-0.2, -0.15) is 0 Å². The van der Waals surface area contributed by atoms with E-state index in [1.54, 1.807) is 0 Å². The van der Waals surface area contributed by atoms with Gasteiger partial charge in [0, 0.05) is 0 Å². The Hall–Kier alpha value is -1.35. The lowest BCUT2D eigenvalue weighted by molar-refractivity contribution is -0.123. The number of nitrogens with two attached hydrogens (primary N) is 1. The van der Waals surface area contributed by atoms with Gasteiger partial charge in [-0.05, 0) is 25.3 Å². The summed E-state index contributed by atoms with van der Waals surface area (Å²) in [6.45, 7) is 1.97. The third kappa shape index (κ3) is 2.18. The van der Waals surface area contributed by atoms with E-state index in [2.05, 4.69) is 5.32 Å². The molecule has 0 aromatic heterocycles.